The quantitative estimate of drug-likeness (QED) is 0.755. The molecule has 7 nitrogen and oxygen atoms in total. The summed E-state index contributed by atoms with van der Waals surface area (Å²) in [7, 11) is 0. The highest BCUT2D eigenvalue weighted by molar-refractivity contribution is 5.86. The van der Waals surface area contributed by atoms with Crippen molar-refractivity contribution in [3.05, 3.63) is 12.3 Å². The molecule has 14 heavy (non-hydrogen) atoms. The minimum Gasteiger partial charge on any atom is -0.400 e. The van der Waals surface area contributed by atoms with Gasteiger partial charge in [0.2, 0.25) is 11.7 Å². The summed E-state index contributed by atoms with van der Waals surface area (Å²) in [5, 5.41) is 13.0. The Balaban J connectivity index is 2.22. The summed E-state index contributed by atoms with van der Waals surface area (Å²) >= 11 is 0. The predicted octanol–water partition coefficient (Wildman–Crippen LogP) is 0.683. The maximum atomic E-state index is 10.6. The normalized spacial score (nSPS) is 10.1. The van der Waals surface area contributed by atoms with Crippen molar-refractivity contribution in [3.63, 3.8) is 0 Å². The van der Waals surface area contributed by atoms with E-state index in [1.54, 1.807) is 6.07 Å². The zero-order valence-electron chi connectivity index (χ0n) is 7.22. The smallest absolute Gasteiger partial charge is 0.322 e. The van der Waals surface area contributed by atoms with E-state index in [1.165, 1.54) is 13.1 Å². The van der Waals surface area contributed by atoms with Crippen molar-refractivity contribution in [1.82, 2.24) is 15.4 Å². The average Bonchev–Trinajstić information content (AvgIpc) is 2.69. The molecule has 0 bridgehead atoms. The Morgan fingerprint density at radius 2 is 2.36 bits per heavy atom. The lowest BCUT2D eigenvalue weighted by Crippen LogP contribution is -2.05. The van der Waals surface area contributed by atoms with Crippen LogP contribution in [0.2, 0.25) is 0 Å². The molecule has 0 unspecified atom stereocenters. The van der Waals surface area contributed by atoms with E-state index in [0.29, 0.717) is 5.76 Å². The van der Waals surface area contributed by atoms with E-state index < -0.39 is 0 Å². The fourth-order valence-electron chi connectivity index (χ4n) is 0.850. The maximum Gasteiger partial charge on any atom is 0.322 e. The predicted molar refractivity (Wildman–Crippen MR) is 44.1 cm³/mol. The number of aromatic nitrogens is 3. The summed E-state index contributed by atoms with van der Waals surface area (Å²) in [6.45, 7) is 1.35. The maximum absolute atomic E-state index is 10.6. The van der Waals surface area contributed by atoms with Crippen LogP contribution in [0, 0.1) is 0 Å². The van der Waals surface area contributed by atoms with Gasteiger partial charge in [-0.2, -0.15) is 0 Å². The third-order valence-corrected chi connectivity index (χ3v) is 1.36. The van der Waals surface area contributed by atoms with Crippen LogP contribution in [-0.2, 0) is 4.79 Å². The van der Waals surface area contributed by atoms with Gasteiger partial charge in [0, 0.05) is 13.0 Å². The van der Waals surface area contributed by atoms with E-state index in [-0.39, 0.29) is 17.8 Å². The van der Waals surface area contributed by atoms with Crippen molar-refractivity contribution in [2.75, 3.05) is 5.32 Å². The minimum atomic E-state index is -0.280. The van der Waals surface area contributed by atoms with Gasteiger partial charge < -0.3 is 8.94 Å². The number of amides is 1. The lowest BCUT2D eigenvalue weighted by Gasteiger charge is -1.90. The van der Waals surface area contributed by atoms with E-state index in [9.17, 15) is 4.79 Å². The number of carbonyl (C=O) groups is 1. The van der Waals surface area contributed by atoms with Crippen LogP contribution in [0.1, 0.15) is 6.92 Å². The first kappa shape index (κ1) is 8.42. The van der Waals surface area contributed by atoms with Gasteiger partial charge in [0.25, 0.3) is 5.89 Å². The molecule has 0 aliphatic carbocycles. The van der Waals surface area contributed by atoms with Gasteiger partial charge in [-0.15, -0.1) is 5.10 Å². The lowest BCUT2D eigenvalue weighted by molar-refractivity contribution is -0.114. The monoisotopic (exact) mass is 194 g/mol. The zero-order valence-corrected chi connectivity index (χ0v) is 7.22. The number of anilines is 1. The second-order valence-electron chi connectivity index (χ2n) is 2.47. The Morgan fingerprint density at radius 1 is 1.50 bits per heavy atom. The molecule has 0 fully saturated rings. The van der Waals surface area contributed by atoms with Crippen molar-refractivity contribution in [1.29, 1.82) is 0 Å². The Morgan fingerprint density at radius 3 is 3.00 bits per heavy atom. The number of rotatable bonds is 2. The van der Waals surface area contributed by atoms with Gasteiger partial charge in [-0.1, -0.05) is 10.3 Å². The summed E-state index contributed by atoms with van der Waals surface area (Å²) in [4.78, 5) is 10.6. The highest BCUT2D eigenvalue weighted by Crippen LogP contribution is 2.18. The molecule has 0 spiro atoms. The number of hydrogen-bond donors (Lipinski definition) is 1. The Bertz CT molecular complexity index is 433. The van der Waals surface area contributed by atoms with Crippen LogP contribution in [0.15, 0.2) is 21.2 Å². The zero-order chi connectivity index (χ0) is 9.97. The van der Waals surface area contributed by atoms with Crippen LogP contribution >= 0.6 is 0 Å². The molecule has 1 N–H and O–H groups in total. The molecule has 2 rings (SSSR count). The molecule has 0 saturated carbocycles. The number of nitrogens with one attached hydrogen (secondary N) is 1. The van der Waals surface area contributed by atoms with E-state index in [0.717, 1.165) is 0 Å². The Kier molecular flexibility index (Phi) is 1.98. The van der Waals surface area contributed by atoms with E-state index in [2.05, 4.69) is 20.7 Å². The molecule has 1 amide bonds. The largest absolute Gasteiger partial charge is 0.400 e. The van der Waals surface area contributed by atoms with E-state index >= 15 is 0 Å². The molecule has 2 aromatic heterocycles. The van der Waals surface area contributed by atoms with E-state index in [4.69, 9.17) is 8.94 Å². The van der Waals surface area contributed by atoms with Crippen LogP contribution in [0.3, 0.4) is 0 Å². The first-order valence-electron chi connectivity index (χ1n) is 3.78. The van der Waals surface area contributed by atoms with Crippen LogP contribution in [-0.4, -0.2) is 21.3 Å². The molecule has 0 aromatic carbocycles. The van der Waals surface area contributed by atoms with Crippen molar-refractivity contribution in [2.45, 2.75) is 6.92 Å². The van der Waals surface area contributed by atoms with Crippen LogP contribution in [0.25, 0.3) is 11.7 Å². The molecular weight excluding hydrogens is 188 g/mol. The standard InChI is InChI=1S/C7H6N4O3/c1-4(12)9-7-11-10-6(13-7)5-2-3-8-14-5/h2-3H,1H3,(H,9,11,12). The summed E-state index contributed by atoms with van der Waals surface area (Å²) in [6.07, 6.45) is 1.46. The highest BCUT2D eigenvalue weighted by Gasteiger charge is 2.11. The first-order chi connectivity index (χ1) is 6.75. The summed E-state index contributed by atoms with van der Waals surface area (Å²) in [5.41, 5.74) is 0. The number of carbonyl (C=O) groups excluding carboxylic acids is 1. The molecule has 0 radical (unpaired) electrons. The second-order valence-corrected chi connectivity index (χ2v) is 2.47. The molecule has 0 atom stereocenters. The van der Waals surface area contributed by atoms with Gasteiger partial charge in [-0.3, -0.25) is 10.1 Å². The van der Waals surface area contributed by atoms with Gasteiger partial charge in [-0.05, 0) is 0 Å². The molecule has 0 aliphatic rings. The molecule has 7 heteroatoms. The molecular formula is C7H6N4O3. The van der Waals surface area contributed by atoms with Gasteiger partial charge in [0.05, 0.1) is 6.20 Å². The van der Waals surface area contributed by atoms with E-state index in [1.807, 2.05) is 0 Å². The molecule has 0 aliphatic heterocycles. The summed E-state index contributed by atoms with van der Waals surface area (Å²) < 4.78 is 9.83. The number of nitrogens with zero attached hydrogens (tertiary/aromatic N) is 3. The Hall–Kier alpha value is -2.18. The average molecular weight is 194 g/mol. The van der Waals surface area contributed by atoms with Gasteiger partial charge in [-0.25, -0.2) is 0 Å². The van der Waals surface area contributed by atoms with Crippen molar-refractivity contribution < 1.29 is 13.7 Å². The third kappa shape index (κ3) is 1.60. The third-order valence-electron chi connectivity index (χ3n) is 1.36. The van der Waals surface area contributed by atoms with Crippen LogP contribution in [0.4, 0.5) is 6.01 Å². The van der Waals surface area contributed by atoms with Gasteiger partial charge in [0.1, 0.15) is 0 Å². The molecule has 2 heterocycles. The second kappa shape index (κ2) is 3.29. The van der Waals surface area contributed by atoms with Crippen LogP contribution in [0.5, 0.6) is 0 Å². The molecule has 2 aromatic rings. The highest BCUT2D eigenvalue weighted by atomic mass is 16.5. The van der Waals surface area contributed by atoms with Gasteiger partial charge >= 0.3 is 6.01 Å². The topological polar surface area (TPSA) is 94.1 Å². The van der Waals surface area contributed by atoms with Gasteiger partial charge in [0.15, 0.2) is 0 Å². The Labute approximate surface area is 78.1 Å². The SMILES string of the molecule is CC(=O)Nc1nnc(-c2ccno2)o1. The fraction of sp³-hybridized carbons (Fsp3) is 0.143. The summed E-state index contributed by atoms with van der Waals surface area (Å²) in [6, 6.07) is 1.61. The fourth-order valence-corrected chi connectivity index (χ4v) is 0.850. The number of hydrogen-bond acceptors (Lipinski definition) is 6. The van der Waals surface area contributed by atoms with Crippen molar-refractivity contribution >= 4 is 11.9 Å². The minimum absolute atomic E-state index is 0.0314. The summed E-state index contributed by atoms with van der Waals surface area (Å²) in [5.74, 6) is 0.248. The lowest BCUT2D eigenvalue weighted by atomic mass is 10.5. The molecule has 72 valence electrons. The van der Waals surface area contributed by atoms with Crippen molar-refractivity contribution in [3.8, 4) is 11.7 Å². The van der Waals surface area contributed by atoms with Crippen molar-refractivity contribution in [2.24, 2.45) is 0 Å². The van der Waals surface area contributed by atoms with Crippen LogP contribution < -0.4 is 5.32 Å². The molecule has 0 saturated heterocycles. The first-order valence-corrected chi connectivity index (χ1v) is 3.78.